The minimum absolute atomic E-state index is 0.173. The summed E-state index contributed by atoms with van der Waals surface area (Å²) in [6.07, 6.45) is 6.15. The number of ether oxygens (including phenoxy) is 1. The van der Waals surface area contributed by atoms with Crippen LogP contribution in [-0.2, 0) is 10.2 Å². The number of benzene rings is 1. The van der Waals surface area contributed by atoms with Crippen molar-refractivity contribution in [3.8, 4) is 0 Å². The van der Waals surface area contributed by atoms with Crippen molar-refractivity contribution in [3.05, 3.63) is 39.2 Å². The molecule has 0 radical (unpaired) electrons. The number of nitrogens with one attached hydrogen (secondary N) is 1. The first-order valence-corrected chi connectivity index (χ1v) is 10.7. The lowest BCUT2D eigenvalue weighted by molar-refractivity contribution is -0.0377. The summed E-state index contributed by atoms with van der Waals surface area (Å²) < 4.78 is 7.60. The quantitative estimate of drug-likeness (QED) is 0.617. The fraction of sp³-hybridized carbons (Fsp3) is 0.600. The summed E-state index contributed by atoms with van der Waals surface area (Å²) in [7, 11) is 0. The molecule has 4 heteroatoms. The van der Waals surface area contributed by atoms with Crippen LogP contribution in [0.3, 0.4) is 0 Å². The van der Waals surface area contributed by atoms with Crippen LogP contribution in [0.25, 0.3) is 0 Å². The van der Waals surface area contributed by atoms with Crippen LogP contribution < -0.4 is 5.32 Å². The monoisotopic (exact) mass is 407 g/mol. The molecule has 0 spiro atoms. The van der Waals surface area contributed by atoms with E-state index in [0.29, 0.717) is 17.2 Å². The van der Waals surface area contributed by atoms with Crippen molar-refractivity contribution in [1.82, 2.24) is 0 Å². The summed E-state index contributed by atoms with van der Waals surface area (Å²) in [5, 5.41) is 4.48. The summed E-state index contributed by atoms with van der Waals surface area (Å²) in [5.41, 5.74) is 4.22. The molecule has 3 aliphatic heterocycles. The molecule has 0 aromatic heterocycles. The lowest BCUT2D eigenvalue weighted by Gasteiger charge is -2.45. The standard InChI is InChI=1S/C20H26BrNOS/c1-20(2,3)12-6-7-15-14(11-12)19-13(5-4-10-23-19)18(22-15)16-8-9-17(21)24-16/h6-7,9,11,13,16,18-19,22H,4-5,8,10H2,1-3H3/t13-,16+,18?,19-/m0/s1. The third-order valence-electron chi connectivity index (χ3n) is 5.55. The van der Waals surface area contributed by atoms with E-state index in [-0.39, 0.29) is 11.5 Å². The molecule has 0 saturated carbocycles. The summed E-state index contributed by atoms with van der Waals surface area (Å²) in [4.78, 5) is 0. The molecule has 4 rings (SSSR count). The van der Waals surface area contributed by atoms with E-state index in [4.69, 9.17) is 4.74 Å². The van der Waals surface area contributed by atoms with Gasteiger partial charge in [0, 0.05) is 38.9 Å². The second-order valence-electron chi connectivity index (χ2n) is 8.22. The van der Waals surface area contributed by atoms with Crippen LogP contribution in [0.1, 0.15) is 57.3 Å². The van der Waals surface area contributed by atoms with Gasteiger partial charge in [0.15, 0.2) is 0 Å². The molecule has 1 saturated heterocycles. The van der Waals surface area contributed by atoms with E-state index in [2.05, 4.69) is 66.3 Å². The van der Waals surface area contributed by atoms with E-state index >= 15 is 0 Å². The third-order valence-corrected chi connectivity index (χ3v) is 7.62. The average Bonchev–Trinajstić information content (AvgIpc) is 2.99. The molecule has 1 fully saturated rings. The Bertz CT molecular complexity index is 666. The van der Waals surface area contributed by atoms with E-state index in [1.807, 2.05) is 11.8 Å². The number of hydrogen-bond donors (Lipinski definition) is 1. The maximum Gasteiger partial charge on any atom is 0.0893 e. The zero-order chi connectivity index (χ0) is 16.9. The lowest BCUT2D eigenvalue weighted by Crippen LogP contribution is -2.46. The Balaban J connectivity index is 1.69. The minimum atomic E-state index is 0.173. The largest absolute Gasteiger partial charge is 0.380 e. The Morgan fingerprint density at radius 2 is 2.12 bits per heavy atom. The average molecular weight is 408 g/mol. The number of allylic oxidation sites excluding steroid dienone is 1. The van der Waals surface area contributed by atoms with E-state index in [1.165, 1.54) is 33.5 Å². The minimum Gasteiger partial charge on any atom is -0.380 e. The van der Waals surface area contributed by atoms with Crippen LogP contribution in [0, 0.1) is 5.92 Å². The molecule has 1 N–H and O–H groups in total. The number of anilines is 1. The Morgan fingerprint density at radius 3 is 2.83 bits per heavy atom. The summed E-state index contributed by atoms with van der Waals surface area (Å²) in [6.45, 7) is 7.74. The first-order valence-electron chi connectivity index (χ1n) is 8.98. The van der Waals surface area contributed by atoms with Crippen molar-refractivity contribution in [1.29, 1.82) is 0 Å². The van der Waals surface area contributed by atoms with Crippen molar-refractivity contribution in [2.75, 3.05) is 11.9 Å². The molecule has 3 heterocycles. The Morgan fingerprint density at radius 1 is 1.29 bits per heavy atom. The van der Waals surface area contributed by atoms with E-state index < -0.39 is 0 Å². The highest BCUT2D eigenvalue weighted by molar-refractivity contribution is 9.14. The molecule has 1 aromatic rings. The molecule has 0 amide bonds. The van der Waals surface area contributed by atoms with Gasteiger partial charge in [-0.2, -0.15) is 0 Å². The number of hydrogen-bond acceptors (Lipinski definition) is 3. The van der Waals surface area contributed by atoms with Gasteiger partial charge in [-0.15, -0.1) is 11.8 Å². The van der Waals surface area contributed by atoms with Crippen LogP contribution in [0.2, 0.25) is 0 Å². The van der Waals surface area contributed by atoms with Gasteiger partial charge in [-0.25, -0.2) is 0 Å². The molecule has 0 bridgehead atoms. The molecule has 130 valence electrons. The lowest BCUT2D eigenvalue weighted by atomic mass is 9.76. The fourth-order valence-corrected chi connectivity index (χ4v) is 6.21. The molecule has 2 nitrogen and oxygen atoms in total. The van der Waals surface area contributed by atoms with E-state index in [1.54, 1.807) is 0 Å². The summed E-state index contributed by atoms with van der Waals surface area (Å²) >= 11 is 5.63. The SMILES string of the molecule is CC(C)(C)c1ccc2c(c1)[C@H]1OCCC[C@H]1C([C@H]1CC=C(Br)S1)N2. The Labute approximate surface area is 157 Å². The molecule has 1 aromatic carbocycles. The Hall–Kier alpha value is -0.450. The van der Waals surface area contributed by atoms with Crippen LogP contribution in [0.15, 0.2) is 28.1 Å². The van der Waals surface area contributed by atoms with Gasteiger partial charge in [-0.05, 0) is 52.2 Å². The second kappa shape index (κ2) is 6.37. The zero-order valence-corrected chi connectivity index (χ0v) is 17.0. The molecule has 0 aliphatic carbocycles. The van der Waals surface area contributed by atoms with Crippen LogP contribution >= 0.6 is 27.7 Å². The first-order chi connectivity index (χ1) is 11.4. The number of rotatable bonds is 1. The topological polar surface area (TPSA) is 21.3 Å². The molecule has 24 heavy (non-hydrogen) atoms. The van der Waals surface area contributed by atoms with Gasteiger partial charge < -0.3 is 10.1 Å². The van der Waals surface area contributed by atoms with Crippen molar-refractivity contribution >= 4 is 33.4 Å². The fourth-order valence-electron chi connectivity index (χ4n) is 4.21. The highest BCUT2D eigenvalue weighted by Gasteiger charge is 2.43. The van der Waals surface area contributed by atoms with Crippen molar-refractivity contribution < 1.29 is 4.74 Å². The smallest absolute Gasteiger partial charge is 0.0893 e. The molecule has 4 atom stereocenters. The summed E-state index contributed by atoms with van der Waals surface area (Å²) in [5.74, 6) is 0.575. The highest BCUT2D eigenvalue weighted by atomic mass is 79.9. The van der Waals surface area contributed by atoms with Crippen molar-refractivity contribution in [2.45, 2.75) is 62.8 Å². The normalized spacial score (nSPS) is 32.6. The molecular formula is C20H26BrNOS. The second-order valence-corrected chi connectivity index (χ2v) is 10.9. The zero-order valence-electron chi connectivity index (χ0n) is 14.6. The summed E-state index contributed by atoms with van der Waals surface area (Å²) in [6, 6.07) is 7.43. The van der Waals surface area contributed by atoms with Gasteiger partial charge in [0.05, 0.1) is 6.10 Å². The number of fused-ring (bicyclic) bond motifs is 3. The van der Waals surface area contributed by atoms with Crippen molar-refractivity contribution in [2.24, 2.45) is 5.92 Å². The van der Waals surface area contributed by atoms with Crippen molar-refractivity contribution in [3.63, 3.8) is 0 Å². The van der Waals surface area contributed by atoms with E-state index in [9.17, 15) is 0 Å². The van der Waals surface area contributed by atoms with Gasteiger partial charge in [-0.3, -0.25) is 0 Å². The van der Waals surface area contributed by atoms with Crippen LogP contribution in [0.4, 0.5) is 5.69 Å². The van der Waals surface area contributed by atoms with Gasteiger partial charge in [0.25, 0.3) is 0 Å². The number of thioether (sulfide) groups is 1. The highest BCUT2D eigenvalue weighted by Crippen LogP contribution is 2.50. The van der Waals surface area contributed by atoms with Gasteiger partial charge in [0.1, 0.15) is 0 Å². The molecular weight excluding hydrogens is 382 g/mol. The Kier molecular flexibility index (Phi) is 4.51. The molecule has 1 unspecified atom stereocenters. The van der Waals surface area contributed by atoms with Gasteiger partial charge in [-0.1, -0.05) is 39.0 Å². The maximum atomic E-state index is 6.31. The first kappa shape index (κ1) is 17.0. The van der Waals surface area contributed by atoms with E-state index in [0.717, 1.165) is 13.0 Å². The van der Waals surface area contributed by atoms with Crippen LogP contribution in [-0.4, -0.2) is 17.9 Å². The predicted octanol–water partition coefficient (Wildman–Crippen LogP) is 5.99. The maximum absolute atomic E-state index is 6.31. The third kappa shape index (κ3) is 3.06. The molecule has 3 aliphatic rings. The van der Waals surface area contributed by atoms with Gasteiger partial charge >= 0.3 is 0 Å². The van der Waals surface area contributed by atoms with Gasteiger partial charge in [0.2, 0.25) is 0 Å². The van der Waals surface area contributed by atoms with Crippen LogP contribution in [0.5, 0.6) is 0 Å². The predicted molar refractivity (Wildman–Crippen MR) is 107 cm³/mol. The number of halogens is 1.